The van der Waals surface area contributed by atoms with Crippen LogP contribution in [0, 0.1) is 11.6 Å². The number of nitrogens with zero attached hydrogens (tertiary/aromatic N) is 1. The first-order chi connectivity index (χ1) is 13.4. The van der Waals surface area contributed by atoms with E-state index < -0.39 is 17.7 Å². The van der Waals surface area contributed by atoms with Gasteiger partial charge in [0, 0.05) is 11.0 Å². The number of aliphatic hydroxyl groups excluding tert-OH is 1. The van der Waals surface area contributed by atoms with Crippen molar-refractivity contribution in [2.24, 2.45) is 0 Å². The van der Waals surface area contributed by atoms with Crippen molar-refractivity contribution in [1.29, 1.82) is 0 Å². The van der Waals surface area contributed by atoms with E-state index >= 15 is 0 Å². The Balaban J connectivity index is 1.70. The molecule has 1 unspecified atom stereocenters. The average molecular weight is 403 g/mol. The molecule has 0 fully saturated rings. The molecule has 3 rings (SSSR count). The molecule has 0 saturated heterocycles. The molecule has 0 radical (unpaired) electrons. The molecule has 0 bridgehead atoms. The van der Waals surface area contributed by atoms with Gasteiger partial charge in [-0.1, -0.05) is 55.9 Å². The predicted molar refractivity (Wildman–Crippen MR) is 107 cm³/mol. The SMILES string of the molecule is CC(C)c1nc(C(O)CCCc2ccccc2)[nH]c1Sc1cc(F)cc(F)c1. The molecular formula is C22H24F2N2OS. The quantitative estimate of drug-likeness (QED) is 0.484. The summed E-state index contributed by atoms with van der Waals surface area (Å²) in [5.74, 6) is -0.623. The fourth-order valence-corrected chi connectivity index (χ4v) is 4.12. The molecule has 0 aliphatic carbocycles. The zero-order chi connectivity index (χ0) is 20.1. The zero-order valence-corrected chi connectivity index (χ0v) is 16.8. The maximum absolute atomic E-state index is 13.5. The van der Waals surface area contributed by atoms with Gasteiger partial charge in [-0.2, -0.15) is 0 Å². The summed E-state index contributed by atoms with van der Waals surface area (Å²) in [6.45, 7) is 4.00. The highest BCUT2D eigenvalue weighted by Gasteiger charge is 2.19. The second-order valence-electron chi connectivity index (χ2n) is 7.09. The van der Waals surface area contributed by atoms with Gasteiger partial charge >= 0.3 is 0 Å². The van der Waals surface area contributed by atoms with Crippen LogP contribution in [0.1, 0.15) is 55.8 Å². The van der Waals surface area contributed by atoms with Gasteiger partial charge in [0.05, 0.1) is 5.69 Å². The van der Waals surface area contributed by atoms with E-state index in [1.165, 1.54) is 29.5 Å². The van der Waals surface area contributed by atoms with Gasteiger partial charge in [0.15, 0.2) is 0 Å². The maximum atomic E-state index is 13.5. The third kappa shape index (κ3) is 5.42. The fraction of sp³-hybridized carbons (Fsp3) is 0.318. The highest BCUT2D eigenvalue weighted by Crippen LogP contribution is 2.34. The molecule has 0 saturated carbocycles. The molecule has 3 nitrogen and oxygen atoms in total. The number of nitrogens with one attached hydrogen (secondary N) is 1. The van der Waals surface area contributed by atoms with E-state index in [-0.39, 0.29) is 5.92 Å². The molecule has 6 heteroatoms. The van der Waals surface area contributed by atoms with E-state index in [0.717, 1.165) is 24.6 Å². The van der Waals surface area contributed by atoms with Gasteiger partial charge in [0.2, 0.25) is 0 Å². The highest BCUT2D eigenvalue weighted by molar-refractivity contribution is 7.99. The number of imidazole rings is 1. The Kier molecular flexibility index (Phi) is 6.86. The second-order valence-corrected chi connectivity index (χ2v) is 8.18. The van der Waals surface area contributed by atoms with Crippen LogP contribution >= 0.6 is 11.8 Å². The Morgan fingerprint density at radius 2 is 1.75 bits per heavy atom. The minimum atomic E-state index is -0.709. The number of hydrogen-bond acceptors (Lipinski definition) is 3. The lowest BCUT2D eigenvalue weighted by atomic mass is 10.1. The predicted octanol–water partition coefficient (Wildman–Crippen LogP) is 6.02. The molecular weight excluding hydrogens is 378 g/mol. The molecule has 28 heavy (non-hydrogen) atoms. The van der Waals surface area contributed by atoms with Crippen LogP contribution in [-0.4, -0.2) is 15.1 Å². The van der Waals surface area contributed by atoms with E-state index in [1.54, 1.807) is 0 Å². The molecule has 1 atom stereocenters. The minimum Gasteiger partial charge on any atom is -0.385 e. The Morgan fingerprint density at radius 3 is 2.39 bits per heavy atom. The molecule has 0 aliphatic heterocycles. The van der Waals surface area contributed by atoms with Gasteiger partial charge < -0.3 is 10.1 Å². The number of aryl methyl sites for hydroxylation is 1. The molecule has 148 valence electrons. The Hall–Kier alpha value is -2.18. The monoisotopic (exact) mass is 402 g/mol. The van der Waals surface area contributed by atoms with Crippen molar-refractivity contribution >= 4 is 11.8 Å². The lowest BCUT2D eigenvalue weighted by Crippen LogP contribution is -2.01. The maximum Gasteiger partial charge on any atom is 0.136 e. The third-order valence-electron chi connectivity index (χ3n) is 4.42. The smallest absolute Gasteiger partial charge is 0.136 e. The lowest BCUT2D eigenvalue weighted by molar-refractivity contribution is 0.155. The lowest BCUT2D eigenvalue weighted by Gasteiger charge is -2.07. The molecule has 0 aliphatic rings. The summed E-state index contributed by atoms with van der Waals surface area (Å²) in [6.07, 6.45) is 1.60. The van der Waals surface area contributed by atoms with Crippen LogP contribution in [0.15, 0.2) is 58.5 Å². The molecule has 0 spiro atoms. The summed E-state index contributed by atoms with van der Waals surface area (Å²) in [4.78, 5) is 8.17. The number of H-pyrrole nitrogens is 1. The Morgan fingerprint density at radius 1 is 1.07 bits per heavy atom. The number of aromatic amines is 1. The van der Waals surface area contributed by atoms with Gasteiger partial charge in [-0.25, -0.2) is 13.8 Å². The van der Waals surface area contributed by atoms with Crippen molar-refractivity contribution in [3.05, 3.63) is 77.2 Å². The standard InChI is InChI=1S/C22H24F2N2OS/c1-14(2)20-22(28-18-12-16(23)11-17(24)13-18)26-21(25-20)19(27)10-6-9-15-7-4-3-5-8-15/h3-5,7-8,11-14,19,27H,6,9-10H2,1-2H3,(H,25,26). The van der Waals surface area contributed by atoms with E-state index in [0.29, 0.717) is 22.2 Å². The molecule has 2 N–H and O–H groups in total. The molecule has 1 heterocycles. The van der Waals surface area contributed by atoms with Gasteiger partial charge in [0.1, 0.15) is 28.6 Å². The molecule has 2 aromatic carbocycles. The summed E-state index contributed by atoms with van der Waals surface area (Å²) in [6, 6.07) is 13.6. The summed E-state index contributed by atoms with van der Waals surface area (Å²) in [7, 11) is 0. The number of rotatable bonds is 8. The summed E-state index contributed by atoms with van der Waals surface area (Å²) >= 11 is 1.22. The van der Waals surface area contributed by atoms with E-state index in [2.05, 4.69) is 22.1 Å². The average Bonchev–Trinajstić information content (AvgIpc) is 3.06. The van der Waals surface area contributed by atoms with Crippen LogP contribution in [0.2, 0.25) is 0 Å². The second kappa shape index (κ2) is 9.34. The number of hydrogen-bond donors (Lipinski definition) is 2. The van der Waals surface area contributed by atoms with Crippen molar-refractivity contribution < 1.29 is 13.9 Å². The summed E-state index contributed by atoms with van der Waals surface area (Å²) in [5.41, 5.74) is 2.02. The van der Waals surface area contributed by atoms with E-state index in [4.69, 9.17) is 0 Å². The largest absolute Gasteiger partial charge is 0.385 e. The van der Waals surface area contributed by atoms with Gasteiger partial charge in [-0.3, -0.25) is 0 Å². The zero-order valence-electron chi connectivity index (χ0n) is 16.0. The molecule has 0 amide bonds. The topological polar surface area (TPSA) is 48.9 Å². The van der Waals surface area contributed by atoms with E-state index in [1.807, 2.05) is 32.0 Å². The minimum absolute atomic E-state index is 0.113. The van der Waals surface area contributed by atoms with Crippen LogP contribution in [0.25, 0.3) is 0 Å². The van der Waals surface area contributed by atoms with Gasteiger partial charge in [0.25, 0.3) is 0 Å². The molecule has 3 aromatic rings. The Bertz CT molecular complexity index is 892. The molecule has 1 aromatic heterocycles. The van der Waals surface area contributed by atoms with Crippen molar-refractivity contribution in [3.8, 4) is 0 Å². The van der Waals surface area contributed by atoms with Crippen molar-refractivity contribution in [3.63, 3.8) is 0 Å². The van der Waals surface area contributed by atoms with Gasteiger partial charge in [-0.05, 0) is 42.9 Å². The number of aliphatic hydroxyl groups is 1. The van der Waals surface area contributed by atoms with Crippen LogP contribution in [0.4, 0.5) is 8.78 Å². The van der Waals surface area contributed by atoms with Crippen molar-refractivity contribution in [2.45, 2.75) is 55.1 Å². The van der Waals surface area contributed by atoms with Crippen molar-refractivity contribution in [2.75, 3.05) is 0 Å². The first kappa shape index (κ1) is 20.6. The van der Waals surface area contributed by atoms with Crippen LogP contribution in [-0.2, 0) is 6.42 Å². The normalized spacial score (nSPS) is 12.5. The first-order valence-electron chi connectivity index (χ1n) is 9.38. The number of halogens is 2. The summed E-state index contributed by atoms with van der Waals surface area (Å²) < 4.78 is 27.0. The number of benzene rings is 2. The number of aromatic nitrogens is 2. The van der Waals surface area contributed by atoms with Crippen molar-refractivity contribution in [1.82, 2.24) is 9.97 Å². The highest BCUT2D eigenvalue weighted by atomic mass is 32.2. The summed E-state index contributed by atoms with van der Waals surface area (Å²) in [5, 5.41) is 11.3. The van der Waals surface area contributed by atoms with Crippen LogP contribution in [0.3, 0.4) is 0 Å². The Labute approximate surface area is 168 Å². The van der Waals surface area contributed by atoms with Gasteiger partial charge in [-0.15, -0.1) is 0 Å². The first-order valence-corrected chi connectivity index (χ1v) is 10.2. The van der Waals surface area contributed by atoms with Crippen LogP contribution in [0.5, 0.6) is 0 Å². The van der Waals surface area contributed by atoms with E-state index in [9.17, 15) is 13.9 Å². The third-order valence-corrected chi connectivity index (χ3v) is 5.41. The fourth-order valence-electron chi connectivity index (χ4n) is 3.00. The van der Waals surface area contributed by atoms with Crippen LogP contribution < -0.4 is 0 Å².